The third-order valence-corrected chi connectivity index (χ3v) is 4.31. The van der Waals surface area contributed by atoms with Crippen LogP contribution in [0, 0.1) is 24.0 Å². The van der Waals surface area contributed by atoms with Gasteiger partial charge in [0.25, 0.3) is 11.6 Å². The molecule has 2 rings (SSSR count). The third-order valence-electron chi connectivity index (χ3n) is 3.90. The average molecular weight is 377 g/mol. The number of ether oxygens (including phenoxy) is 1. The van der Waals surface area contributed by atoms with Gasteiger partial charge in [-0.1, -0.05) is 23.7 Å². The molecule has 0 saturated heterocycles. The van der Waals surface area contributed by atoms with E-state index in [-0.39, 0.29) is 16.8 Å². The minimum absolute atomic E-state index is 0.0396. The Morgan fingerprint density at radius 2 is 1.81 bits per heavy atom. The van der Waals surface area contributed by atoms with Crippen molar-refractivity contribution in [2.24, 2.45) is 0 Å². The predicted octanol–water partition coefficient (Wildman–Crippen LogP) is 4.05. The summed E-state index contributed by atoms with van der Waals surface area (Å²) in [6.45, 7) is 4.62. The Labute approximate surface area is 155 Å². The largest absolute Gasteiger partial charge is 0.449 e. The van der Waals surface area contributed by atoms with Crippen molar-refractivity contribution in [2.75, 3.05) is 5.32 Å². The molecule has 0 aromatic heterocycles. The molecule has 0 aliphatic carbocycles. The highest BCUT2D eigenvalue weighted by atomic mass is 35.5. The minimum atomic E-state index is -1.10. The van der Waals surface area contributed by atoms with E-state index in [2.05, 4.69) is 5.32 Å². The van der Waals surface area contributed by atoms with Crippen LogP contribution in [0.3, 0.4) is 0 Å². The quantitative estimate of drug-likeness (QED) is 0.482. The molecule has 1 amide bonds. The number of esters is 1. The van der Waals surface area contributed by atoms with E-state index in [9.17, 15) is 19.7 Å². The molecule has 1 N–H and O–H groups in total. The first-order valence-corrected chi connectivity index (χ1v) is 8.11. The highest BCUT2D eigenvalue weighted by Gasteiger charge is 2.23. The second-order valence-corrected chi connectivity index (χ2v) is 6.06. The highest BCUT2D eigenvalue weighted by Crippen LogP contribution is 2.24. The van der Waals surface area contributed by atoms with Gasteiger partial charge >= 0.3 is 5.97 Å². The van der Waals surface area contributed by atoms with E-state index >= 15 is 0 Å². The monoisotopic (exact) mass is 376 g/mol. The lowest BCUT2D eigenvalue weighted by Gasteiger charge is -2.15. The van der Waals surface area contributed by atoms with Crippen molar-refractivity contribution >= 4 is 34.9 Å². The summed E-state index contributed by atoms with van der Waals surface area (Å²) in [6, 6.07) is 9.16. The van der Waals surface area contributed by atoms with Gasteiger partial charge in [-0.2, -0.15) is 0 Å². The molecule has 8 heteroatoms. The maximum absolute atomic E-state index is 12.3. The zero-order chi connectivity index (χ0) is 19.4. The first-order valence-electron chi connectivity index (χ1n) is 7.73. The van der Waals surface area contributed by atoms with Gasteiger partial charge in [-0.25, -0.2) is 4.79 Å². The van der Waals surface area contributed by atoms with Crippen molar-refractivity contribution in [3.05, 3.63) is 68.2 Å². The van der Waals surface area contributed by atoms with Crippen molar-refractivity contribution in [1.29, 1.82) is 0 Å². The van der Waals surface area contributed by atoms with E-state index in [4.69, 9.17) is 16.3 Å². The van der Waals surface area contributed by atoms with E-state index in [0.717, 1.165) is 0 Å². The Balaban J connectivity index is 2.12. The van der Waals surface area contributed by atoms with Crippen LogP contribution in [0.25, 0.3) is 0 Å². The molecule has 7 nitrogen and oxygen atoms in total. The van der Waals surface area contributed by atoms with Crippen LogP contribution >= 0.6 is 11.6 Å². The minimum Gasteiger partial charge on any atom is -0.449 e. The molecule has 136 valence electrons. The van der Waals surface area contributed by atoms with Crippen molar-refractivity contribution in [2.45, 2.75) is 26.9 Å². The highest BCUT2D eigenvalue weighted by molar-refractivity contribution is 6.31. The van der Waals surface area contributed by atoms with Crippen LogP contribution < -0.4 is 5.32 Å². The lowest BCUT2D eigenvalue weighted by atomic mass is 10.1. The molecular formula is C18H17ClN2O5. The smallest absolute Gasteiger partial charge is 0.339 e. The summed E-state index contributed by atoms with van der Waals surface area (Å²) in [4.78, 5) is 34.9. The lowest BCUT2D eigenvalue weighted by Crippen LogP contribution is -2.30. The number of carbonyl (C=O) groups excluding carboxylic acids is 2. The maximum atomic E-state index is 12.3. The van der Waals surface area contributed by atoms with Gasteiger partial charge in [0.2, 0.25) is 0 Å². The number of nitrogens with zero attached hydrogens (tertiary/aromatic N) is 1. The van der Waals surface area contributed by atoms with Gasteiger partial charge in [0.05, 0.1) is 10.5 Å². The fourth-order valence-electron chi connectivity index (χ4n) is 2.30. The van der Waals surface area contributed by atoms with Gasteiger partial charge in [-0.3, -0.25) is 14.9 Å². The molecule has 0 saturated carbocycles. The molecule has 26 heavy (non-hydrogen) atoms. The van der Waals surface area contributed by atoms with E-state index in [1.54, 1.807) is 25.1 Å². The number of rotatable bonds is 5. The zero-order valence-electron chi connectivity index (χ0n) is 14.4. The number of halogens is 1. The van der Waals surface area contributed by atoms with Crippen LogP contribution in [0.1, 0.15) is 28.4 Å². The van der Waals surface area contributed by atoms with Crippen LogP contribution in [0.2, 0.25) is 5.02 Å². The number of hydrogen-bond donors (Lipinski definition) is 1. The molecule has 0 bridgehead atoms. The van der Waals surface area contributed by atoms with Crippen molar-refractivity contribution in [3.63, 3.8) is 0 Å². The molecule has 2 aromatic rings. The lowest BCUT2D eigenvalue weighted by molar-refractivity contribution is -0.385. The fraction of sp³-hybridized carbons (Fsp3) is 0.222. The summed E-state index contributed by atoms with van der Waals surface area (Å²) >= 11 is 6.01. The Morgan fingerprint density at radius 1 is 1.15 bits per heavy atom. The maximum Gasteiger partial charge on any atom is 0.339 e. The van der Waals surface area contributed by atoms with Crippen molar-refractivity contribution < 1.29 is 19.2 Å². The summed E-state index contributed by atoms with van der Waals surface area (Å²) in [5.41, 5.74) is 1.23. The van der Waals surface area contributed by atoms with Gasteiger partial charge in [0.15, 0.2) is 6.10 Å². The third kappa shape index (κ3) is 4.18. The molecule has 0 aliphatic heterocycles. The molecule has 0 aliphatic rings. The van der Waals surface area contributed by atoms with Gasteiger partial charge in [0, 0.05) is 22.3 Å². The Bertz CT molecular complexity index is 882. The van der Waals surface area contributed by atoms with E-state index in [1.807, 2.05) is 0 Å². The van der Waals surface area contributed by atoms with Gasteiger partial charge in [-0.05, 0) is 44.5 Å². The van der Waals surface area contributed by atoms with Crippen molar-refractivity contribution in [1.82, 2.24) is 0 Å². The first-order chi connectivity index (χ1) is 12.2. The summed E-state index contributed by atoms with van der Waals surface area (Å²) < 4.78 is 5.15. The van der Waals surface area contributed by atoms with E-state index in [1.165, 1.54) is 32.0 Å². The number of nitro groups is 1. The molecule has 0 heterocycles. The van der Waals surface area contributed by atoms with Crippen LogP contribution in [0.15, 0.2) is 36.4 Å². The second-order valence-electron chi connectivity index (χ2n) is 5.66. The molecule has 0 spiro atoms. The van der Waals surface area contributed by atoms with Gasteiger partial charge in [-0.15, -0.1) is 0 Å². The Kier molecular flexibility index (Phi) is 5.94. The van der Waals surface area contributed by atoms with Gasteiger partial charge in [0.1, 0.15) is 0 Å². The molecule has 0 unspecified atom stereocenters. The molecule has 1 atom stereocenters. The van der Waals surface area contributed by atoms with Crippen LogP contribution in [0.5, 0.6) is 0 Å². The summed E-state index contributed by atoms with van der Waals surface area (Å²) in [5.74, 6) is -1.34. The normalized spacial score (nSPS) is 11.5. The number of nitro benzene ring substituents is 1. The standard InChI is InChI=1S/C18H17ClN2O5/c1-10-13(6-4-9-16(10)21(24)25)18(23)26-12(3)17(22)20-15-8-5-7-14(19)11(15)2/h4-9,12H,1-3H3,(H,20,22)/t12-/m1/s1. The number of benzene rings is 2. The first kappa shape index (κ1) is 19.4. The number of hydrogen-bond acceptors (Lipinski definition) is 5. The predicted molar refractivity (Wildman–Crippen MR) is 97.5 cm³/mol. The number of amides is 1. The van der Waals surface area contributed by atoms with E-state index in [0.29, 0.717) is 16.3 Å². The van der Waals surface area contributed by atoms with Gasteiger partial charge < -0.3 is 10.1 Å². The SMILES string of the molecule is Cc1c(Cl)cccc1NC(=O)[C@@H](C)OC(=O)c1cccc([N+](=O)[O-])c1C. The zero-order valence-corrected chi connectivity index (χ0v) is 15.2. The van der Waals surface area contributed by atoms with E-state index < -0.39 is 22.9 Å². The average Bonchev–Trinajstić information content (AvgIpc) is 2.58. The molecule has 0 radical (unpaired) electrons. The number of anilines is 1. The van der Waals surface area contributed by atoms with Crippen molar-refractivity contribution in [3.8, 4) is 0 Å². The summed E-state index contributed by atoms with van der Waals surface area (Å²) in [7, 11) is 0. The molecular weight excluding hydrogens is 360 g/mol. The fourth-order valence-corrected chi connectivity index (χ4v) is 2.47. The van der Waals surface area contributed by atoms with Crippen LogP contribution in [0.4, 0.5) is 11.4 Å². The number of carbonyl (C=O) groups is 2. The molecule has 0 fully saturated rings. The number of nitrogens with one attached hydrogen (secondary N) is 1. The topological polar surface area (TPSA) is 98.5 Å². The van der Waals surface area contributed by atoms with Crippen LogP contribution in [-0.4, -0.2) is 22.9 Å². The van der Waals surface area contributed by atoms with Crippen LogP contribution in [-0.2, 0) is 9.53 Å². The Hall–Kier alpha value is -2.93. The molecule has 2 aromatic carbocycles. The summed E-state index contributed by atoms with van der Waals surface area (Å²) in [6.07, 6.45) is -1.10. The second kappa shape index (κ2) is 7.97. The Morgan fingerprint density at radius 3 is 2.46 bits per heavy atom. The summed E-state index contributed by atoms with van der Waals surface area (Å²) in [5, 5.41) is 14.1.